The smallest absolute Gasteiger partial charge is 0.220 e. The van der Waals surface area contributed by atoms with Gasteiger partial charge in [0.1, 0.15) is 0 Å². The van der Waals surface area contributed by atoms with Crippen LogP contribution in [0, 0.1) is 5.92 Å². The Morgan fingerprint density at radius 3 is 2.68 bits per heavy atom. The summed E-state index contributed by atoms with van der Waals surface area (Å²) in [6.07, 6.45) is 8.53. The van der Waals surface area contributed by atoms with E-state index < -0.39 is 0 Å². The molecule has 1 unspecified atom stereocenters. The minimum Gasteiger partial charge on any atom is -0.353 e. The molecule has 3 N–H and O–H groups in total. The van der Waals surface area contributed by atoms with Crippen molar-refractivity contribution >= 4 is 5.91 Å². The normalized spacial score (nSPS) is 33.1. The molecule has 2 aliphatic rings. The summed E-state index contributed by atoms with van der Waals surface area (Å²) in [6, 6.07) is 0.729. The van der Waals surface area contributed by atoms with E-state index in [9.17, 15) is 4.79 Å². The van der Waals surface area contributed by atoms with E-state index in [2.05, 4.69) is 17.3 Å². The van der Waals surface area contributed by atoms with E-state index in [-0.39, 0.29) is 5.91 Å². The van der Waals surface area contributed by atoms with Crippen LogP contribution in [0.2, 0.25) is 0 Å². The van der Waals surface area contributed by atoms with Gasteiger partial charge in [0.2, 0.25) is 5.91 Å². The summed E-state index contributed by atoms with van der Waals surface area (Å²) in [5.41, 5.74) is 5.88. The molecule has 0 spiro atoms. The van der Waals surface area contributed by atoms with E-state index in [4.69, 9.17) is 5.73 Å². The molecule has 1 aliphatic carbocycles. The van der Waals surface area contributed by atoms with Crippen LogP contribution < -0.4 is 11.1 Å². The number of piperidine rings is 1. The predicted molar refractivity (Wildman–Crippen MR) is 77.8 cm³/mol. The first-order valence-electron chi connectivity index (χ1n) is 7.87. The molecule has 1 saturated heterocycles. The molecule has 110 valence electrons. The molecular formula is C15H29N3O. The second-order valence-electron chi connectivity index (χ2n) is 6.49. The molecule has 1 aliphatic heterocycles. The second kappa shape index (κ2) is 7.25. The Balaban J connectivity index is 1.61. The summed E-state index contributed by atoms with van der Waals surface area (Å²) in [5, 5.41) is 3.18. The van der Waals surface area contributed by atoms with Gasteiger partial charge in [-0.25, -0.2) is 0 Å². The first-order valence-corrected chi connectivity index (χ1v) is 7.87. The number of nitrogens with zero attached hydrogens (tertiary/aromatic N) is 1. The second-order valence-corrected chi connectivity index (χ2v) is 6.49. The highest BCUT2D eigenvalue weighted by molar-refractivity contribution is 5.76. The topological polar surface area (TPSA) is 58.4 Å². The van der Waals surface area contributed by atoms with Gasteiger partial charge in [-0.15, -0.1) is 0 Å². The fourth-order valence-corrected chi connectivity index (χ4v) is 3.41. The Labute approximate surface area is 117 Å². The van der Waals surface area contributed by atoms with Crippen molar-refractivity contribution < 1.29 is 4.79 Å². The maximum atomic E-state index is 12.0. The maximum absolute atomic E-state index is 12.0. The summed E-state index contributed by atoms with van der Waals surface area (Å²) >= 11 is 0. The summed E-state index contributed by atoms with van der Waals surface area (Å²) in [6.45, 7) is 2.37. The van der Waals surface area contributed by atoms with Crippen molar-refractivity contribution in [2.45, 2.75) is 63.5 Å². The highest BCUT2D eigenvalue weighted by atomic mass is 16.1. The zero-order chi connectivity index (χ0) is 13.7. The van der Waals surface area contributed by atoms with Gasteiger partial charge < -0.3 is 16.0 Å². The van der Waals surface area contributed by atoms with Gasteiger partial charge in [0.05, 0.1) is 0 Å². The van der Waals surface area contributed by atoms with Crippen molar-refractivity contribution in [1.29, 1.82) is 0 Å². The monoisotopic (exact) mass is 267 g/mol. The molecule has 2 rings (SSSR count). The van der Waals surface area contributed by atoms with Gasteiger partial charge >= 0.3 is 0 Å². The Kier molecular flexibility index (Phi) is 5.64. The van der Waals surface area contributed by atoms with Gasteiger partial charge in [0.25, 0.3) is 0 Å². The molecule has 1 saturated carbocycles. The fraction of sp³-hybridized carbons (Fsp3) is 0.933. The zero-order valence-electron chi connectivity index (χ0n) is 12.2. The third kappa shape index (κ3) is 5.11. The molecule has 1 amide bonds. The van der Waals surface area contributed by atoms with Crippen molar-refractivity contribution in [3.63, 3.8) is 0 Å². The zero-order valence-corrected chi connectivity index (χ0v) is 12.2. The van der Waals surface area contributed by atoms with E-state index in [0.717, 1.165) is 38.6 Å². The van der Waals surface area contributed by atoms with E-state index in [0.29, 0.717) is 24.4 Å². The van der Waals surface area contributed by atoms with Crippen LogP contribution in [0.1, 0.15) is 51.4 Å². The van der Waals surface area contributed by atoms with Crippen LogP contribution in [0.4, 0.5) is 0 Å². The van der Waals surface area contributed by atoms with E-state index in [1.165, 1.54) is 19.4 Å². The van der Waals surface area contributed by atoms with Crippen molar-refractivity contribution in [1.82, 2.24) is 10.2 Å². The van der Waals surface area contributed by atoms with Crippen LogP contribution in [0.15, 0.2) is 0 Å². The molecular weight excluding hydrogens is 238 g/mol. The number of rotatable bonds is 4. The molecule has 0 aromatic carbocycles. The molecule has 0 bridgehead atoms. The van der Waals surface area contributed by atoms with E-state index in [1.807, 2.05) is 0 Å². The van der Waals surface area contributed by atoms with Gasteiger partial charge in [-0.2, -0.15) is 0 Å². The van der Waals surface area contributed by atoms with Gasteiger partial charge in [0.15, 0.2) is 0 Å². The lowest BCUT2D eigenvalue weighted by molar-refractivity contribution is -0.122. The first-order chi connectivity index (χ1) is 9.13. The quantitative estimate of drug-likeness (QED) is 0.811. The molecule has 4 heteroatoms. The number of nitrogens with two attached hydrogens (primary N) is 1. The lowest BCUT2D eigenvalue weighted by Gasteiger charge is -2.30. The van der Waals surface area contributed by atoms with Crippen LogP contribution in [-0.4, -0.2) is 43.0 Å². The Bertz CT molecular complexity index is 287. The molecule has 1 heterocycles. The molecule has 4 nitrogen and oxygen atoms in total. The number of likely N-dealkylation sites (tertiary alicyclic amines) is 1. The van der Waals surface area contributed by atoms with E-state index in [1.54, 1.807) is 0 Å². The standard InChI is InChI=1S/C15H29N3O/c1-18-10-2-3-12(11-18)4-9-15(19)17-14-7-5-13(16)6-8-14/h12-14H,2-11,16H2,1H3,(H,17,19). The minimum absolute atomic E-state index is 0.244. The Morgan fingerprint density at radius 1 is 1.26 bits per heavy atom. The number of hydrogen-bond acceptors (Lipinski definition) is 3. The summed E-state index contributed by atoms with van der Waals surface area (Å²) in [4.78, 5) is 14.3. The SMILES string of the molecule is CN1CCCC(CCC(=O)NC2CCC(N)CC2)C1. The highest BCUT2D eigenvalue weighted by Crippen LogP contribution is 2.20. The summed E-state index contributed by atoms with van der Waals surface area (Å²) in [7, 11) is 2.18. The van der Waals surface area contributed by atoms with Gasteiger partial charge in [-0.05, 0) is 64.5 Å². The third-order valence-electron chi connectivity index (χ3n) is 4.64. The van der Waals surface area contributed by atoms with Gasteiger partial charge in [0, 0.05) is 25.0 Å². The van der Waals surface area contributed by atoms with Crippen LogP contribution in [0.25, 0.3) is 0 Å². The van der Waals surface area contributed by atoms with Crippen LogP contribution in [-0.2, 0) is 4.79 Å². The largest absolute Gasteiger partial charge is 0.353 e. The number of amides is 1. The third-order valence-corrected chi connectivity index (χ3v) is 4.64. The highest BCUT2D eigenvalue weighted by Gasteiger charge is 2.21. The average Bonchev–Trinajstić information content (AvgIpc) is 2.39. The molecule has 1 atom stereocenters. The van der Waals surface area contributed by atoms with Gasteiger partial charge in [-0.3, -0.25) is 4.79 Å². The molecule has 19 heavy (non-hydrogen) atoms. The summed E-state index contributed by atoms with van der Waals surface area (Å²) < 4.78 is 0. The number of nitrogens with one attached hydrogen (secondary N) is 1. The molecule has 0 aromatic rings. The first kappa shape index (κ1) is 14.8. The molecule has 0 aromatic heterocycles. The minimum atomic E-state index is 0.244. The van der Waals surface area contributed by atoms with Crippen molar-refractivity contribution in [2.75, 3.05) is 20.1 Å². The van der Waals surface area contributed by atoms with Crippen LogP contribution in [0.3, 0.4) is 0 Å². The molecule has 0 radical (unpaired) electrons. The average molecular weight is 267 g/mol. The van der Waals surface area contributed by atoms with Crippen LogP contribution in [0.5, 0.6) is 0 Å². The maximum Gasteiger partial charge on any atom is 0.220 e. The number of carbonyl (C=O) groups excluding carboxylic acids is 1. The van der Waals surface area contributed by atoms with Crippen molar-refractivity contribution in [3.05, 3.63) is 0 Å². The molecule has 2 fully saturated rings. The Hall–Kier alpha value is -0.610. The number of hydrogen-bond donors (Lipinski definition) is 2. The fourth-order valence-electron chi connectivity index (χ4n) is 3.41. The van der Waals surface area contributed by atoms with Crippen molar-refractivity contribution in [3.8, 4) is 0 Å². The lowest BCUT2D eigenvalue weighted by atomic mass is 9.91. The van der Waals surface area contributed by atoms with Crippen LogP contribution >= 0.6 is 0 Å². The number of carbonyl (C=O) groups is 1. The van der Waals surface area contributed by atoms with Crippen molar-refractivity contribution in [2.24, 2.45) is 11.7 Å². The van der Waals surface area contributed by atoms with Gasteiger partial charge in [-0.1, -0.05) is 0 Å². The van der Waals surface area contributed by atoms with E-state index >= 15 is 0 Å². The summed E-state index contributed by atoms with van der Waals surface area (Å²) in [5.74, 6) is 0.956. The lowest BCUT2D eigenvalue weighted by Crippen LogP contribution is -2.40. The predicted octanol–water partition coefficient (Wildman–Crippen LogP) is 1.49. The Morgan fingerprint density at radius 2 is 2.00 bits per heavy atom.